The van der Waals surface area contributed by atoms with Gasteiger partial charge in [-0.3, -0.25) is 0 Å². The van der Waals surface area contributed by atoms with Gasteiger partial charge in [0.25, 0.3) is 0 Å². The third-order valence-corrected chi connectivity index (χ3v) is 3.27. The van der Waals surface area contributed by atoms with Crippen molar-refractivity contribution in [2.24, 2.45) is 5.73 Å². The Hall–Kier alpha value is -0.590. The van der Waals surface area contributed by atoms with Gasteiger partial charge >= 0.3 is 0 Å². The van der Waals surface area contributed by atoms with Crippen molar-refractivity contribution in [1.29, 1.82) is 0 Å². The summed E-state index contributed by atoms with van der Waals surface area (Å²) in [6.07, 6.45) is 4.56. The third kappa shape index (κ3) is 2.96. The van der Waals surface area contributed by atoms with Gasteiger partial charge in [-0.2, -0.15) is 16.7 Å². The molecule has 1 aromatic heterocycles. The number of hydrogen-bond donors (Lipinski definition) is 1. The van der Waals surface area contributed by atoms with Gasteiger partial charge in [0.05, 0.1) is 11.8 Å². The van der Waals surface area contributed by atoms with Gasteiger partial charge in [0.15, 0.2) is 5.82 Å². The summed E-state index contributed by atoms with van der Waals surface area (Å²) in [5.74, 6) is 2.05. The summed E-state index contributed by atoms with van der Waals surface area (Å²) in [6, 6.07) is -0.127. The molecule has 0 aromatic carbocycles. The van der Waals surface area contributed by atoms with E-state index >= 15 is 0 Å². The number of thioether (sulfide) groups is 1. The summed E-state index contributed by atoms with van der Waals surface area (Å²) < 4.78 is 5.11. The Balaban J connectivity index is 1.89. The number of rotatable bonds is 5. The predicted molar refractivity (Wildman–Crippen MR) is 64.1 cm³/mol. The molecule has 0 bridgehead atoms. The van der Waals surface area contributed by atoms with E-state index in [1.807, 2.05) is 6.26 Å². The maximum absolute atomic E-state index is 6.05. The minimum atomic E-state index is -0.127. The van der Waals surface area contributed by atoms with E-state index < -0.39 is 0 Å². The Kier molecular flexibility index (Phi) is 4.20. The summed E-state index contributed by atoms with van der Waals surface area (Å²) >= 11 is 1.67. The Morgan fingerprint density at radius 3 is 2.94 bits per heavy atom. The fraction of sp³-hybridized carbons (Fsp3) is 0.800. The van der Waals surface area contributed by atoms with E-state index in [9.17, 15) is 0 Å². The lowest BCUT2D eigenvalue weighted by Gasteiger charge is -2.17. The second kappa shape index (κ2) is 5.65. The van der Waals surface area contributed by atoms with Crippen LogP contribution in [0.5, 0.6) is 0 Å². The van der Waals surface area contributed by atoms with E-state index in [-0.39, 0.29) is 6.04 Å². The van der Waals surface area contributed by atoms with Gasteiger partial charge in [-0.25, -0.2) is 0 Å². The molecule has 1 saturated heterocycles. The minimum absolute atomic E-state index is 0.127. The molecule has 2 N–H and O–H groups in total. The van der Waals surface area contributed by atoms with Crippen LogP contribution in [-0.2, 0) is 5.75 Å². The molecule has 2 rings (SSSR count). The Bertz CT molecular complexity index is 324. The molecule has 1 aromatic rings. The molecule has 5 nitrogen and oxygen atoms in total. The SMILES string of the molecule is CSCc1nc(C(N)CN2CCCC2)no1. The molecule has 16 heavy (non-hydrogen) atoms. The highest BCUT2D eigenvalue weighted by Gasteiger charge is 2.19. The van der Waals surface area contributed by atoms with Crippen LogP contribution in [0.2, 0.25) is 0 Å². The molecule has 0 radical (unpaired) electrons. The van der Waals surface area contributed by atoms with Gasteiger partial charge < -0.3 is 15.2 Å². The highest BCUT2D eigenvalue weighted by Crippen LogP contribution is 2.14. The van der Waals surface area contributed by atoms with Gasteiger partial charge in [0.2, 0.25) is 5.89 Å². The molecule has 6 heteroatoms. The van der Waals surface area contributed by atoms with E-state index in [2.05, 4.69) is 15.0 Å². The largest absolute Gasteiger partial charge is 0.338 e. The van der Waals surface area contributed by atoms with Crippen LogP contribution in [0.15, 0.2) is 4.52 Å². The summed E-state index contributed by atoms with van der Waals surface area (Å²) in [6.45, 7) is 3.12. The lowest BCUT2D eigenvalue weighted by atomic mass is 10.3. The topological polar surface area (TPSA) is 68.2 Å². The lowest BCUT2D eigenvalue weighted by Crippen LogP contribution is -2.30. The minimum Gasteiger partial charge on any atom is -0.338 e. The van der Waals surface area contributed by atoms with Gasteiger partial charge in [0, 0.05) is 6.54 Å². The fourth-order valence-electron chi connectivity index (χ4n) is 1.93. The van der Waals surface area contributed by atoms with Crippen molar-refractivity contribution in [3.05, 3.63) is 11.7 Å². The average molecular weight is 242 g/mol. The van der Waals surface area contributed by atoms with Crippen LogP contribution >= 0.6 is 11.8 Å². The summed E-state index contributed by atoms with van der Waals surface area (Å²) in [7, 11) is 0. The van der Waals surface area contributed by atoms with Crippen molar-refractivity contribution in [3.63, 3.8) is 0 Å². The van der Waals surface area contributed by atoms with Crippen LogP contribution in [0.4, 0.5) is 0 Å². The van der Waals surface area contributed by atoms with Crippen molar-refractivity contribution in [2.75, 3.05) is 25.9 Å². The Morgan fingerprint density at radius 2 is 2.25 bits per heavy atom. The second-order valence-corrected chi connectivity index (χ2v) is 4.96. The standard InChI is InChI=1S/C10H18N4OS/c1-16-7-9-12-10(13-15-9)8(11)6-14-4-2-3-5-14/h8H,2-7,11H2,1H3. The van der Waals surface area contributed by atoms with Crippen LogP contribution in [0.3, 0.4) is 0 Å². The zero-order chi connectivity index (χ0) is 11.4. The highest BCUT2D eigenvalue weighted by atomic mass is 32.2. The van der Waals surface area contributed by atoms with Crippen LogP contribution < -0.4 is 5.73 Å². The van der Waals surface area contributed by atoms with Gasteiger partial charge in [-0.05, 0) is 32.2 Å². The second-order valence-electron chi connectivity index (χ2n) is 4.09. The van der Waals surface area contributed by atoms with E-state index in [1.54, 1.807) is 11.8 Å². The molecule has 0 spiro atoms. The number of aromatic nitrogens is 2. The Labute approximate surface area is 99.8 Å². The van der Waals surface area contributed by atoms with Crippen LogP contribution in [0.25, 0.3) is 0 Å². The van der Waals surface area contributed by atoms with Crippen LogP contribution in [0.1, 0.15) is 30.6 Å². The first kappa shape index (κ1) is 11.9. The van der Waals surface area contributed by atoms with E-state index in [1.165, 1.54) is 12.8 Å². The summed E-state index contributed by atoms with van der Waals surface area (Å²) in [5.41, 5.74) is 6.05. The van der Waals surface area contributed by atoms with Crippen molar-refractivity contribution < 1.29 is 4.52 Å². The Morgan fingerprint density at radius 1 is 1.50 bits per heavy atom. The first-order valence-electron chi connectivity index (χ1n) is 5.59. The molecule has 90 valence electrons. The molecule has 1 unspecified atom stereocenters. The van der Waals surface area contributed by atoms with Crippen molar-refractivity contribution in [3.8, 4) is 0 Å². The number of likely N-dealkylation sites (tertiary alicyclic amines) is 1. The molecule has 0 amide bonds. The molecule has 1 fully saturated rings. The molecule has 1 atom stereocenters. The molecule has 0 saturated carbocycles. The van der Waals surface area contributed by atoms with Gasteiger partial charge in [-0.15, -0.1) is 0 Å². The molecular weight excluding hydrogens is 224 g/mol. The van der Waals surface area contributed by atoms with Crippen LogP contribution in [0, 0.1) is 0 Å². The normalized spacial score (nSPS) is 19.1. The number of nitrogens with two attached hydrogens (primary N) is 1. The van der Waals surface area contributed by atoms with Gasteiger partial charge in [-0.1, -0.05) is 5.16 Å². The maximum Gasteiger partial charge on any atom is 0.236 e. The third-order valence-electron chi connectivity index (χ3n) is 2.74. The van der Waals surface area contributed by atoms with Crippen LogP contribution in [-0.4, -0.2) is 40.9 Å². The zero-order valence-corrected chi connectivity index (χ0v) is 10.4. The molecule has 1 aliphatic rings. The average Bonchev–Trinajstić information content (AvgIpc) is 2.89. The predicted octanol–water partition coefficient (Wildman–Crippen LogP) is 1.03. The van der Waals surface area contributed by atoms with Crippen molar-refractivity contribution in [2.45, 2.75) is 24.6 Å². The van der Waals surface area contributed by atoms with E-state index in [0.29, 0.717) is 11.7 Å². The van der Waals surface area contributed by atoms with Gasteiger partial charge in [0.1, 0.15) is 0 Å². The van der Waals surface area contributed by atoms with E-state index in [4.69, 9.17) is 10.3 Å². The smallest absolute Gasteiger partial charge is 0.236 e. The first-order chi connectivity index (χ1) is 7.79. The highest BCUT2D eigenvalue weighted by molar-refractivity contribution is 7.97. The fourth-order valence-corrected chi connectivity index (χ4v) is 2.29. The molecule has 2 heterocycles. The number of hydrogen-bond acceptors (Lipinski definition) is 6. The first-order valence-corrected chi connectivity index (χ1v) is 6.98. The monoisotopic (exact) mass is 242 g/mol. The lowest BCUT2D eigenvalue weighted by molar-refractivity contribution is 0.305. The maximum atomic E-state index is 6.05. The molecular formula is C10H18N4OS. The quantitative estimate of drug-likeness (QED) is 0.831. The molecule has 1 aliphatic heterocycles. The van der Waals surface area contributed by atoms with Crippen molar-refractivity contribution in [1.82, 2.24) is 15.0 Å². The summed E-state index contributed by atoms with van der Waals surface area (Å²) in [4.78, 5) is 6.65. The van der Waals surface area contributed by atoms with E-state index in [0.717, 1.165) is 25.4 Å². The van der Waals surface area contributed by atoms with Crippen molar-refractivity contribution >= 4 is 11.8 Å². The summed E-state index contributed by atoms with van der Waals surface area (Å²) in [5, 5.41) is 3.93. The number of nitrogens with zero attached hydrogens (tertiary/aromatic N) is 3. The zero-order valence-electron chi connectivity index (χ0n) is 9.56. The molecule has 0 aliphatic carbocycles.